The Morgan fingerprint density at radius 1 is 1.19 bits per heavy atom. The molecule has 0 bridgehead atoms. The third-order valence-electron chi connectivity index (χ3n) is 5.38. The van der Waals surface area contributed by atoms with Crippen molar-refractivity contribution in [2.75, 3.05) is 26.4 Å². The Hall–Kier alpha value is -2.96. The highest BCUT2D eigenvalue weighted by Gasteiger charge is 2.18. The number of nitrogens with one attached hydrogen (secondary N) is 1. The van der Waals surface area contributed by atoms with Crippen LogP contribution in [0.4, 0.5) is 0 Å². The smallest absolute Gasteiger partial charge is 0.255 e. The molecule has 3 aromatic rings. The van der Waals surface area contributed by atoms with Crippen LogP contribution in [0.3, 0.4) is 0 Å². The predicted molar refractivity (Wildman–Crippen MR) is 120 cm³/mol. The Labute approximate surface area is 183 Å². The minimum Gasteiger partial charge on any atom is -0.379 e. The lowest BCUT2D eigenvalue weighted by Gasteiger charge is -2.10. The molecule has 1 fully saturated rings. The van der Waals surface area contributed by atoms with Crippen LogP contribution in [0.2, 0.25) is 0 Å². The molecule has 2 heterocycles. The van der Waals surface area contributed by atoms with E-state index in [1.54, 1.807) is 10.9 Å². The zero-order chi connectivity index (χ0) is 21.5. The van der Waals surface area contributed by atoms with E-state index in [9.17, 15) is 4.79 Å². The summed E-state index contributed by atoms with van der Waals surface area (Å²) < 4.78 is 13.0. The van der Waals surface area contributed by atoms with Gasteiger partial charge in [-0.05, 0) is 38.3 Å². The molecule has 0 spiro atoms. The Morgan fingerprint density at radius 2 is 2.00 bits per heavy atom. The van der Waals surface area contributed by atoms with E-state index in [0.717, 1.165) is 37.1 Å². The van der Waals surface area contributed by atoms with Gasteiger partial charge in [-0.1, -0.05) is 48.0 Å². The van der Waals surface area contributed by atoms with E-state index in [2.05, 4.69) is 5.32 Å². The Bertz CT molecular complexity index is 977. The fourth-order valence-electron chi connectivity index (χ4n) is 3.64. The first-order valence-corrected chi connectivity index (χ1v) is 10.9. The topological polar surface area (TPSA) is 65.4 Å². The lowest BCUT2D eigenvalue weighted by molar-refractivity contribution is 0.0166. The molecule has 31 heavy (non-hydrogen) atoms. The third-order valence-corrected chi connectivity index (χ3v) is 5.38. The lowest BCUT2D eigenvalue weighted by Crippen LogP contribution is -2.26. The molecule has 0 radical (unpaired) electrons. The lowest BCUT2D eigenvalue weighted by atomic mass is 10.1. The highest BCUT2D eigenvalue weighted by atomic mass is 16.5. The van der Waals surface area contributed by atoms with Crippen molar-refractivity contribution >= 4 is 5.91 Å². The van der Waals surface area contributed by atoms with Gasteiger partial charge in [-0.15, -0.1) is 0 Å². The molecule has 1 amide bonds. The molecule has 4 rings (SSSR count). The molecule has 0 aliphatic carbocycles. The number of ether oxygens (including phenoxy) is 2. The van der Waals surface area contributed by atoms with Crippen molar-refractivity contribution in [3.05, 3.63) is 71.9 Å². The van der Waals surface area contributed by atoms with Gasteiger partial charge >= 0.3 is 0 Å². The van der Waals surface area contributed by atoms with E-state index in [0.29, 0.717) is 31.0 Å². The van der Waals surface area contributed by atoms with Crippen molar-refractivity contribution in [3.8, 4) is 16.9 Å². The van der Waals surface area contributed by atoms with Crippen LogP contribution in [-0.4, -0.2) is 48.2 Å². The molecule has 1 unspecified atom stereocenters. The van der Waals surface area contributed by atoms with Gasteiger partial charge < -0.3 is 14.8 Å². The van der Waals surface area contributed by atoms with Gasteiger partial charge in [0.25, 0.3) is 5.91 Å². The quantitative estimate of drug-likeness (QED) is 0.529. The van der Waals surface area contributed by atoms with Gasteiger partial charge in [0, 0.05) is 31.5 Å². The van der Waals surface area contributed by atoms with Gasteiger partial charge in [-0.2, -0.15) is 5.10 Å². The van der Waals surface area contributed by atoms with E-state index >= 15 is 0 Å². The maximum Gasteiger partial charge on any atom is 0.255 e. The minimum atomic E-state index is -0.128. The van der Waals surface area contributed by atoms with E-state index < -0.39 is 0 Å². The van der Waals surface area contributed by atoms with Gasteiger partial charge in [0.1, 0.15) is 5.69 Å². The summed E-state index contributed by atoms with van der Waals surface area (Å²) in [6, 6.07) is 17.9. The third kappa shape index (κ3) is 5.60. The molecule has 162 valence electrons. The number of aryl methyl sites for hydroxylation is 1. The van der Waals surface area contributed by atoms with Crippen LogP contribution in [0, 0.1) is 6.92 Å². The van der Waals surface area contributed by atoms with Crippen molar-refractivity contribution in [2.45, 2.75) is 32.3 Å². The predicted octanol–water partition coefficient (Wildman–Crippen LogP) is 4.16. The summed E-state index contributed by atoms with van der Waals surface area (Å²) in [5, 5.41) is 7.73. The summed E-state index contributed by atoms with van der Waals surface area (Å²) in [7, 11) is 0. The van der Waals surface area contributed by atoms with Crippen LogP contribution in [0.1, 0.15) is 35.2 Å². The number of amides is 1. The summed E-state index contributed by atoms with van der Waals surface area (Å²) >= 11 is 0. The van der Waals surface area contributed by atoms with Crippen LogP contribution in [0.5, 0.6) is 0 Å². The maximum atomic E-state index is 13.0. The maximum absolute atomic E-state index is 13.0. The second kappa shape index (κ2) is 10.4. The second-order valence-electron chi connectivity index (χ2n) is 7.86. The molecular formula is C25H29N3O3. The minimum absolute atomic E-state index is 0.128. The van der Waals surface area contributed by atoms with Gasteiger partial charge in [-0.25, -0.2) is 4.68 Å². The molecule has 1 aliphatic rings. The van der Waals surface area contributed by atoms with Crippen molar-refractivity contribution < 1.29 is 14.3 Å². The van der Waals surface area contributed by atoms with Crippen molar-refractivity contribution in [3.63, 3.8) is 0 Å². The number of carbonyl (C=O) groups excluding carboxylic acids is 1. The van der Waals surface area contributed by atoms with Crippen molar-refractivity contribution in [1.29, 1.82) is 0 Å². The molecule has 1 aliphatic heterocycles. The molecule has 1 saturated heterocycles. The number of rotatable bonds is 9. The zero-order valence-electron chi connectivity index (χ0n) is 17.9. The molecule has 2 aromatic carbocycles. The SMILES string of the molecule is Cc1ccc(-n2cc(C(=O)NCCCOCC3CCCO3)c(-c3ccccc3)n2)cc1. The van der Waals surface area contributed by atoms with Crippen molar-refractivity contribution in [2.24, 2.45) is 0 Å². The molecule has 0 saturated carbocycles. The van der Waals surface area contributed by atoms with Gasteiger partial charge in [0.2, 0.25) is 0 Å². The first-order chi connectivity index (χ1) is 15.2. The zero-order valence-corrected chi connectivity index (χ0v) is 17.9. The van der Waals surface area contributed by atoms with Crippen molar-refractivity contribution in [1.82, 2.24) is 15.1 Å². The highest BCUT2D eigenvalue weighted by molar-refractivity contribution is 5.99. The molecule has 6 heteroatoms. The standard InChI is InChI=1S/C25H29N3O3/c1-19-10-12-21(13-11-19)28-17-23(24(27-28)20-7-3-2-4-8-20)25(29)26-14-6-15-30-18-22-9-5-16-31-22/h2-4,7-8,10-13,17,22H,5-6,9,14-16,18H2,1H3,(H,26,29). The first kappa shape index (κ1) is 21.3. The normalized spacial score (nSPS) is 15.8. The summed E-state index contributed by atoms with van der Waals surface area (Å²) in [4.78, 5) is 13.0. The summed E-state index contributed by atoms with van der Waals surface area (Å²) in [5.41, 5.74) is 4.25. The average molecular weight is 420 g/mol. The van der Waals surface area contributed by atoms with Crippen LogP contribution < -0.4 is 5.32 Å². The summed E-state index contributed by atoms with van der Waals surface area (Å²) in [5.74, 6) is -0.128. The number of nitrogens with zero attached hydrogens (tertiary/aromatic N) is 2. The van der Waals surface area contributed by atoms with Crippen LogP contribution >= 0.6 is 0 Å². The van der Waals surface area contributed by atoms with E-state index in [4.69, 9.17) is 14.6 Å². The largest absolute Gasteiger partial charge is 0.379 e. The highest BCUT2D eigenvalue weighted by Crippen LogP contribution is 2.24. The Balaban J connectivity index is 1.40. The van der Waals surface area contributed by atoms with Crippen LogP contribution in [0.15, 0.2) is 60.8 Å². The van der Waals surface area contributed by atoms with Gasteiger partial charge in [0.05, 0.1) is 24.0 Å². The number of aromatic nitrogens is 2. The monoisotopic (exact) mass is 419 g/mol. The molecule has 1 atom stereocenters. The second-order valence-corrected chi connectivity index (χ2v) is 7.86. The molecular weight excluding hydrogens is 390 g/mol. The average Bonchev–Trinajstić information content (AvgIpc) is 3.47. The van der Waals surface area contributed by atoms with E-state index in [1.165, 1.54) is 5.56 Å². The van der Waals surface area contributed by atoms with E-state index in [-0.39, 0.29) is 12.0 Å². The van der Waals surface area contributed by atoms with Crippen LogP contribution in [0.25, 0.3) is 16.9 Å². The molecule has 1 aromatic heterocycles. The number of benzene rings is 2. The first-order valence-electron chi connectivity index (χ1n) is 10.9. The number of hydrogen-bond acceptors (Lipinski definition) is 4. The van der Waals surface area contributed by atoms with Gasteiger partial charge in [0.15, 0.2) is 0 Å². The fraction of sp³-hybridized carbons (Fsp3) is 0.360. The molecule has 1 N–H and O–H groups in total. The summed E-state index contributed by atoms with van der Waals surface area (Å²) in [6.45, 7) is 4.67. The summed E-state index contributed by atoms with van der Waals surface area (Å²) in [6.07, 6.45) is 4.98. The Kier molecular flexibility index (Phi) is 7.12. The van der Waals surface area contributed by atoms with Gasteiger partial charge in [-0.3, -0.25) is 4.79 Å². The molecule has 6 nitrogen and oxygen atoms in total. The Morgan fingerprint density at radius 3 is 2.74 bits per heavy atom. The van der Waals surface area contributed by atoms with E-state index in [1.807, 2.05) is 61.5 Å². The number of carbonyl (C=O) groups is 1. The van der Waals surface area contributed by atoms with Crippen LogP contribution in [-0.2, 0) is 9.47 Å². The number of hydrogen-bond donors (Lipinski definition) is 1. The fourth-order valence-corrected chi connectivity index (χ4v) is 3.64.